The maximum absolute atomic E-state index is 12.6. The summed E-state index contributed by atoms with van der Waals surface area (Å²) >= 11 is 0. The van der Waals surface area contributed by atoms with Crippen LogP contribution in [0.15, 0.2) is 0 Å². The minimum Gasteiger partial charge on any atom is -0.466 e. The molecule has 2 unspecified atom stereocenters. The molecule has 2 atom stereocenters. The largest absolute Gasteiger partial charge is 0.466 e. The quantitative estimate of drug-likeness (QED) is 0.0814. The van der Waals surface area contributed by atoms with Crippen molar-refractivity contribution < 1.29 is 28.6 Å². The predicted octanol–water partition coefficient (Wildman–Crippen LogP) is 7.62. The Morgan fingerprint density at radius 2 is 1.33 bits per heavy atom. The Morgan fingerprint density at radius 3 is 1.88 bits per heavy atom. The van der Waals surface area contributed by atoms with Gasteiger partial charge in [-0.25, -0.2) is 0 Å². The SMILES string of the molecule is CCCCCCCCCCCCCCCCC(CC)C(=O)NCCCOC(=O)CCNC(=O)C1OC(C)(C)OCC1(C)C. The van der Waals surface area contributed by atoms with E-state index in [1.807, 2.05) is 13.8 Å². The first-order valence-corrected chi connectivity index (χ1v) is 17.5. The number of carbonyl (C=O) groups is 3. The zero-order valence-electron chi connectivity index (χ0n) is 28.7. The first-order chi connectivity index (χ1) is 20.5. The molecule has 0 radical (unpaired) electrons. The number of hydrogen-bond acceptors (Lipinski definition) is 6. The van der Waals surface area contributed by atoms with Gasteiger partial charge in [-0.15, -0.1) is 0 Å². The Morgan fingerprint density at radius 1 is 0.767 bits per heavy atom. The van der Waals surface area contributed by atoms with Crippen molar-refractivity contribution in [1.29, 1.82) is 0 Å². The third-order valence-electron chi connectivity index (χ3n) is 8.42. The van der Waals surface area contributed by atoms with Crippen molar-refractivity contribution in [2.45, 2.75) is 169 Å². The van der Waals surface area contributed by atoms with E-state index in [0.717, 1.165) is 19.3 Å². The molecular formula is C35H66N2O6. The Bertz CT molecular complexity index is 769. The molecular weight excluding hydrogens is 544 g/mol. The fraction of sp³-hybridized carbons (Fsp3) is 0.914. The molecule has 0 aromatic heterocycles. The predicted molar refractivity (Wildman–Crippen MR) is 174 cm³/mol. The summed E-state index contributed by atoms with van der Waals surface area (Å²) in [4.78, 5) is 37.3. The van der Waals surface area contributed by atoms with E-state index in [0.29, 0.717) is 19.6 Å². The van der Waals surface area contributed by atoms with Crippen molar-refractivity contribution in [1.82, 2.24) is 10.6 Å². The van der Waals surface area contributed by atoms with Crippen molar-refractivity contribution in [2.75, 3.05) is 26.3 Å². The van der Waals surface area contributed by atoms with Crippen LogP contribution in [0, 0.1) is 11.3 Å². The van der Waals surface area contributed by atoms with Crippen LogP contribution in [0.2, 0.25) is 0 Å². The molecule has 2 amide bonds. The minimum absolute atomic E-state index is 0.0544. The van der Waals surface area contributed by atoms with Gasteiger partial charge in [-0.05, 0) is 33.1 Å². The summed E-state index contributed by atoms with van der Waals surface area (Å²) in [7, 11) is 0. The molecule has 43 heavy (non-hydrogen) atoms. The number of rotatable bonds is 25. The second-order valence-electron chi connectivity index (χ2n) is 13.6. The summed E-state index contributed by atoms with van der Waals surface area (Å²) in [5, 5.41) is 5.79. The lowest BCUT2D eigenvalue weighted by Crippen LogP contribution is -2.56. The normalized spacial score (nSPS) is 18.1. The zero-order valence-corrected chi connectivity index (χ0v) is 28.7. The fourth-order valence-corrected chi connectivity index (χ4v) is 5.49. The van der Waals surface area contributed by atoms with Gasteiger partial charge in [-0.3, -0.25) is 14.4 Å². The molecule has 1 aliphatic rings. The number of unbranched alkanes of at least 4 members (excludes halogenated alkanes) is 13. The second-order valence-corrected chi connectivity index (χ2v) is 13.6. The maximum Gasteiger partial charge on any atom is 0.307 e. The van der Waals surface area contributed by atoms with E-state index in [2.05, 4.69) is 24.5 Å². The fourth-order valence-electron chi connectivity index (χ4n) is 5.49. The molecule has 1 aliphatic heterocycles. The molecule has 0 spiro atoms. The van der Waals surface area contributed by atoms with Crippen molar-refractivity contribution in [2.24, 2.45) is 11.3 Å². The highest BCUT2D eigenvalue weighted by atomic mass is 16.7. The summed E-state index contributed by atoms with van der Waals surface area (Å²) in [5.74, 6) is -1.29. The van der Waals surface area contributed by atoms with Crippen molar-refractivity contribution >= 4 is 17.8 Å². The Balaban J connectivity index is 2.03. The van der Waals surface area contributed by atoms with Gasteiger partial charge in [0.25, 0.3) is 0 Å². The summed E-state index contributed by atoms with van der Waals surface area (Å²) < 4.78 is 16.8. The van der Waals surface area contributed by atoms with Gasteiger partial charge in [0.05, 0.1) is 19.6 Å². The molecule has 8 heteroatoms. The van der Waals surface area contributed by atoms with Crippen LogP contribution in [-0.2, 0) is 28.6 Å². The highest BCUT2D eigenvalue weighted by Crippen LogP contribution is 2.34. The second kappa shape index (κ2) is 22.8. The van der Waals surface area contributed by atoms with Crippen molar-refractivity contribution in [3.63, 3.8) is 0 Å². The number of nitrogens with one attached hydrogen (secondary N) is 2. The van der Waals surface area contributed by atoms with Crippen molar-refractivity contribution in [3.8, 4) is 0 Å². The lowest BCUT2D eigenvalue weighted by Gasteiger charge is -2.44. The third-order valence-corrected chi connectivity index (χ3v) is 8.42. The van der Waals surface area contributed by atoms with E-state index >= 15 is 0 Å². The van der Waals surface area contributed by atoms with Crippen LogP contribution in [-0.4, -0.2) is 56.0 Å². The molecule has 1 fully saturated rings. The van der Waals surface area contributed by atoms with E-state index in [-0.39, 0.29) is 43.3 Å². The van der Waals surface area contributed by atoms with Gasteiger partial charge in [0.15, 0.2) is 5.79 Å². The van der Waals surface area contributed by atoms with Crippen LogP contribution < -0.4 is 10.6 Å². The molecule has 0 aromatic rings. The number of hydrogen-bond donors (Lipinski definition) is 2. The summed E-state index contributed by atoms with van der Waals surface area (Å²) in [6.07, 6.45) is 20.5. The molecule has 0 bridgehead atoms. The first-order valence-electron chi connectivity index (χ1n) is 17.5. The van der Waals surface area contributed by atoms with Crippen LogP contribution in [0.5, 0.6) is 0 Å². The molecule has 1 rings (SSSR count). The highest BCUT2D eigenvalue weighted by Gasteiger charge is 2.45. The average molecular weight is 611 g/mol. The molecule has 2 N–H and O–H groups in total. The molecule has 0 aromatic carbocycles. The number of esters is 1. The third kappa shape index (κ3) is 18.7. The number of carbonyl (C=O) groups excluding carboxylic acids is 3. The lowest BCUT2D eigenvalue weighted by atomic mass is 9.85. The average Bonchev–Trinajstić information content (AvgIpc) is 2.96. The summed E-state index contributed by atoms with van der Waals surface area (Å²) in [6.45, 7) is 13.1. The number of ether oxygens (including phenoxy) is 3. The van der Waals surface area contributed by atoms with Crippen molar-refractivity contribution in [3.05, 3.63) is 0 Å². The van der Waals surface area contributed by atoms with E-state index in [1.165, 1.54) is 83.5 Å². The van der Waals surface area contributed by atoms with Crippen LogP contribution in [0.3, 0.4) is 0 Å². The molecule has 1 heterocycles. The Kier molecular flexibility index (Phi) is 20.8. The smallest absolute Gasteiger partial charge is 0.307 e. The molecule has 0 aliphatic carbocycles. The summed E-state index contributed by atoms with van der Waals surface area (Å²) in [6, 6.07) is 0. The first kappa shape index (κ1) is 39.4. The number of amides is 2. The maximum atomic E-state index is 12.6. The van der Waals surface area contributed by atoms with Gasteiger partial charge in [0.1, 0.15) is 6.10 Å². The van der Waals surface area contributed by atoms with Gasteiger partial charge in [0, 0.05) is 24.4 Å². The van der Waals surface area contributed by atoms with Gasteiger partial charge < -0.3 is 24.8 Å². The lowest BCUT2D eigenvalue weighted by molar-refractivity contribution is -0.304. The Hall–Kier alpha value is -1.67. The van der Waals surface area contributed by atoms with Crippen LogP contribution in [0.25, 0.3) is 0 Å². The molecule has 252 valence electrons. The standard InChI is InChI=1S/C35H66N2O6/c1-7-9-10-11-12-13-14-15-16-17-18-19-20-21-23-29(8-2)32(39)36-25-22-27-41-30(38)24-26-37-33(40)31-34(3,4)28-42-35(5,6)43-31/h29,31H,7-28H2,1-6H3,(H,36,39)(H,37,40). The highest BCUT2D eigenvalue weighted by molar-refractivity contribution is 5.82. The molecule has 8 nitrogen and oxygen atoms in total. The van der Waals surface area contributed by atoms with Gasteiger partial charge in [0.2, 0.25) is 11.8 Å². The monoisotopic (exact) mass is 610 g/mol. The van der Waals surface area contributed by atoms with Crippen LogP contribution in [0.4, 0.5) is 0 Å². The van der Waals surface area contributed by atoms with E-state index in [1.54, 1.807) is 13.8 Å². The minimum atomic E-state index is -0.824. The topological polar surface area (TPSA) is 103 Å². The van der Waals surface area contributed by atoms with Gasteiger partial charge in [-0.1, -0.05) is 118 Å². The van der Waals surface area contributed by atoms with Crippen LogP contribution >= 0.6 is 0 Å². The van der Waals surface area contributed by atoms with Crippen LogP contribution in [0.1, 0.15) is 157 Å². The molecule has 1 saturated heterocycles. The zero-order chi connectivity index (χ0) is 32.0. The Labute approximate surface area is 263 Å². The van der Waals surface area contributed by atoms with E-state index in [4.69, 9.17) is 14.2 Å². The summed E-state index contributed by atoms with van der Waals surface area (Å²) in [5.41, 5.74) is -0.465. The molecule has 0 saturated carbocycles. The van der Waals surface area contributed by atoms with E-state index in [9.17, 15) is 14.4 Å². The van der Waals surface area contributed by atoms with Gasteiger partial charge in [-0.2, -0.15) is 0 Å². The van der Waals surface area contributed by atoms with Gasteiger partial charge >= 0.3 is 5.97 Å². The van der Waals surface area contributed by atoms with E-state index < -0.39 is 17.3 Å².